The maximum absolute atomic E-state index is 12.4. The number of anilines is 1. The van der Waals surface area contributed by atoms with Crippen molar-refractivity contribution in [1.82, 2.24) is 14.3 Å². The third-order valence-electron chi connectivity index (χ3n) is 3.14. The second-order valence-corrected chi connectivity index (χ2v) is 4.46. The fourth-order valence-corrected chi connectivity index (χ4v) is 2.25. The van der Waals surface area contributed by atoms with Crippen molar-refractivity contribution < 1.29 is 4.79 Å². The topological polar surface area (TPSA) is 78.2 Å². The lowest BCUT2D eigenvalue weighted by atomic mass is 9.92. The molecule has 2 aromatic heterocycles. The summed E-state index contributed by atoms with van der Waals surface area (Å²) in [6.07, 6.45) is 6.87. The number of aryl methyl sites for hydroxylation is 2. The quantitative estimate of drug-likeness (QED) is 0.858. The van der Waals surface area contributed by atoms with Crippen LogP contribution in [0.25, 0.3) is 0 Å². The van der Waals surface area contributed by atoms with Gasteiger partial charge in [-0.3, -0.25) is 9.48 Å². The Morgan fingerprint density at radius 3 is 2.68 bits per heavy atom. The summed E-state index contributed by atoms with van der Waals surface area (Å²) in [6.45, 7) is 0. The van der Waals surface area contributed by atoms with Gasteiger partial charge in [-0.05, 0) is 0 Å². The van der Waals surface area contributed by atoms with Crippen molar-refractivity contribution in [2.75, 3.05) is 5.73 Å². The first-order valence-corrected chi connectivity index (χ1v) is 5.59. The van der Waals surface area contributed by atoms with E-state index in [1.54, 1.807) is 27.9 Å². The first kappa shape index (κ1) is 13.4. The Bertz CT molecular complexity index is 670. The molecule has 0 fully saturated rings. The van der Waals surface area contributed by atoms with Crippen LogP contribution in [-0.4, -0.2) is 26.3 Å². The fraction of sp³-hybridized carbons (Fsp3) is 0.250. The molecule has 0 saturated carbocycles. The minimum Gasteiger partial charge on any atom is -0.397 e. The molecule has 0 radical (unpaired) electrons. The molecule has 19 heavy (non-hydrogen) atoms. The zero-order valence-electron chi connectivity index (χ0n) is 10.6. The molecule has 1 aliphatic rings. The Labute approximate surface area is 116 Å². The number of Topliss-reactive ketones (excluding diaryl/α,β-unsaturated/α-hetero) is 1. The van der Waals surface area contributed by atoms with E-state index in [2.05, 4.69) is 10.1 Å². The van der Waals surface area contributed by atoms with Gasteiger partial charge in [0, 0.05) is 38.3 Å². The molecule has 2 N–H and O–H groups in total. The Balaban J connectivity index is 0.00000133. The van der Waals surface area contributed by atoms with Crippen molar-refractivity contribution in [3.05, 3.63) is 29.7 Å². The van der Waals surface area contributed by atoms with Crippen molar-refractivity contribution in [2.24, 2.45) is 19.1 Å². The van der Waals surface area contributed by atoms with E-state index in [1.165, 1.54) is 0 Å². The monoisotopic (exact) mass is 279 g/mol. The van der Waals surface area contributed by atoms with Crippen LogP contribution in [-0.2, 0) is 14.1 Å². The molecule has 0 spiro atoms. The summed E-state index contributed by atoms with van der Waals surface area (Å²) < 4.78 is 3.43. The largest absolute Gasteiger partial charge is 0.397 e. The van der Waals surface area contributed by atoms with E-state index in [0.29, 0.717) is 17.1 Å². The van der Waals surface area contributed by atoms with E-state index in [9.17, 15) is 4.79 Å². The highest BCUT2D eigenvalue weighted by molar-refractivity contribution is 6.18. The Morgan fingerprint density at radius 2 is 2.05 bits per heavy atom. The first-order chi connectivity index (χ1) is 8.58. The van der Waals surface area contributed by atoms with Crippen molar-refractivity contribution in [1.29, 1.82) is 0 Å². The zero-order chi connectivity index (χ0) is 12.9. The molecular formula is C12H14ClN5O. The molecule has 7 heteroatoms. The number of nitrogens with zero attached hydrogens (tertiary/aromatic N) is 4. The second-order valence-electron chi connectivity index (χ2n) is 4.46. The molecule has 0 aliphatic carbocycles. The van der Waals surface area contributed by atoms with Crippen molar-refractivity contribution in [3.63, 3.8) is 0 Å². The van der Waals surface area contributed by atoms with E-state index < -0.39 is 5.92 Å². The summed E-state index contributed by atoms with van der Waals surface area (Å²) in [5.74, 6) is 0.208. The molecule has 6 nitrogen and oxygen atoms in total. The van der Waals surface area contributed by atoms with E-state index in [4.69, 9.17) is 5.73 Å². The zero-order valence-corrected chi connectivity index (χ0v) is 11.4. The number of aromatic nitrogens is 3. The normalized spacial score (nSPS) is 17.2. The smallest absolute Gasteiger partial charge is 0.181 e. The average Bonchev–Trinajstić information content (AvgIpc) is 2.85. The number of ketones is 1. The van der Waals surface area contributed by atoms with Crippen LogP contribution in [0.3, 0.4) is 0 Å². The predicted molar refractivity (Wildman–Crippen MR) is 75.5 cm³/mol. The van der Waals surface area contributed by atoms with Gasteiger partial charge >= 0.3 is 0 Å². The summed E-state index contributed by atoms with van der Waals surface area (Å²) in [4.78, 5) is 16.8. The molecule has 0 aromatic carbocycles. The summed E-state index contributed by atoms with van der Waals surface area (Å²) in [7, 11) is 3.64. The minimum absolute atomic E-state index is 0. The third kappa shape index (κ3) is 1.94. The molecule has 3 heterocycles. The summed E-state index contributed by atoms with van der Waals surface area (Å²) in [5.41, 5.74) is 7.68. The number of fused-ring (bicyclic) bond motifs is 1. The fourth-order valence-electron chi connectivity index (χ4n) is 2.25. The third-order valence-corrected chi connectivity index (χ3v) is 3.14. The lowest BCUT2D eigenvalue weighted by Crippen LogP contribution is -2.18. The van der Waals surface area contributed by atoms with E-state index >= 15 is 0 Å². The second kappa shape index (κ2) is 4.55. The number of nitrogens with two attached hydrogens (primary N) is 1. The predicted octanol–water partition coefficient (Wildman–Crippen LogP) is 1.44. The van der Waals surface area contributed by atoms with Crippen LogP contribution in [0.5, 0.6) is 0 Å². The van der Waals surface area contributed by atoms with Crippen LogP contribution in [0.15, 0.2) is 23.6 Å². The Hall–Kier alpha value is -2.08. The van der Waals surface area contributed by atoms with Gasteiger partial charge in [0.1, 0.15) is 5.82 Å². The lowest BCUT2D eigenvalue weighted by molar-refractivity contribution is 0.0984. The molecule has 1 unspecified atom stereocenters. The molecule has 0 bridgehead atoms. The van der Waals surface area contributed by atoms with Crippen LogP contribution in [0.2, 0.25) is 0 Å². The molecule has 1 atom stereocenters. The molecule has 0 amide bonds. The van der Waals surface area contributed by atoms with Gasteiger partial charge in [0.15, 0.2) is 5.78 Å². The van der Waals surface area contributed by atoms with Crippen LogP contribution in [0.1, 0.15) is 21.8 Å². The molecular weight excluding hydrogens is 266 g/mol. The maximum atomic E-state index is 12.4. The van der Waals surface area contributed by atoms with Gasteiger partial charge in [-0.25, -0.2) is 4.99 Å². The van der Waals surface area contributed by atoms with Crippen LogP contribution >= 0.6 is 12.4 Å². The summed E-state index contributed by atoms with van der Waals surface area (Å²) in [6, 6.07) is 0. The van der Waals surface area contributed by atoms with Gasteiger partial charge in [-0.15, -0.1) is 12.4 Å². The van der Waals surface area contributed by atoms with Crippen LogP contribution in [0.4, 0.5) is 11.5 Å². The van der Waals surface area contributed by atoms with Gasteiger partial charge in [-0.2, -0.15) is 5.10 Å². The highest BCUT2D eigenvalue weighted by Gasteiger charge is 2.30. The number of carbonyl (C=O) groups is 1. The van der Waals surface area contributed by atoms with E-state index in [-0.39, 0.29) is 18.2 Å². The molecule has 100 valence electrons. The summed E-state index contributed by atoms with van der Waals surface area (Å²) >= 11 is 0. The number of rotatable bonds is 1. The minimum atomic E-state index is -0.393. The molecule has 0 saturated heterocycles. The number of carbonyl (C=O) groups excluding carboxylic acids is 1. The number of aliphatic imine (C=N–C) groups is 1. The lowest BCUT2D eigenvalue weighted by Gasteiger charge is -2.14. The van der Waals surface area contributed by atoms with Gasteiger partial charge in [-0.1, -0.05) is 0 Å². The van der Waals surface area contributed by atoms with Gasteiger partial charge in [0.25, 0.3) is 0 Å². The maximum Gasteiger partial charge on any atom is 0.181 e. The number of nitrogen functional groups attached to an aromatic ring is 1. The van der Waals surface area contributed by atoms with Crippen LogP contribution < -0.4 is 5.73 Å². The van der Waals surface area contributed by atoms with E-state index in [0.717, 1.165) is 5.56 Å². The number of hydrogen-bond donors (Lipinski definition) is 1. The highest BCUT2D eigenvalue weighted by atomic mass is 35.5. The van der Waals surface area contributed by atoms with Crippen LogP contribution in [0, 0.1) is 0 Å². The van der Waals surface area contributed by atoms with Gasteiger partial charge in [0.05, 0.1) is 23.4 Å². The highest BCUT2D eigenvalue weighted by Crippen LogP contribution is 2.35. The number of hydrogen-bond acceptors (Lipinski definition) is 4. The number of halogens is 1. The Morgan fingerprint density at radius 1 is 1.32 bits per heavy atom. The molecule has 2 aromatic rings. The van der Waals surface area contributed by atoms with Gasteiger partial charge in [0.2, 0.25) is 0 Å². The SMILES string of the molecule is Cl.Cn1cc(C2C=Nc3c(c(N)cn3C)C2=O)cn1. The van der Waals surface area contributed by atoms with Crippen molar-refractivity contribution in [2.45, 2.75) is 5.92 Å². The average molecular weight is 280 g/mol. The Kier molecular flexibility index (Phi) is 3.20. The summed E-state index contributed by atoms with van der Waals surface area (Å²) in [5, 5.41) is 4.08. The molecule has 1 aliphatic heterocycles. The van der Waals surface area contributed by atoms with E-state index in [1.807, 2.05) is 20.3 Å². The standard InChI is InChI=1S/C12H13N5O.ClH/c1-16-6-9(13)10-11(18)8(4-14-12(10)16)7-3-15-17(2)5-7;/h3-6,8H,13H2,1-2H3;1H. The first-order valence-electron chi connectivity index (χ1n) is 5.59. The van der Waals surface area contributed by atoms with Gasteiger partial charge < -0.3 is 10.3 Å². The van der Waals surface area contributed by atoms with Crippen molar-refractivity contribution in [3.8, 4) is 0 Å². The molecule has 3 rings (SSSR count). The van der Waals surface area contributed by atoms with Crippen molar-refractivity contribution >= 4 is 35.9 Å².